The predicted octanol–water partition coefficient (Wildman–Crippen LogP) is 11.7. The second kappa shape index (κ2) is 45.0. The topological polar surface area (TPSA) is 226 Å². The Balaban J connectivity index is 2.44. The monoisotopic (exact) mass is 1020 g/mol. The quantitative estimate of drug-likeness (QED) is 0.0158. The third kappa shape index (κ3) is 35.6. The van der Waals surface area contributed by atoms with Crippen LogP contribution in [0.25, 0.3) is 0 Å². The largest absolute Gasteiger partial charge is 0.472 e. The molecule has 1 aliphatic carbocycles. The zero-order valence-electron chi connectivity index (χ0n) is 44.2. The van der Waals surface area contributed by atoms with E-state index in [0.717, 1.165) is 64.2 Å². The molecule has 8 atom stereocenters. The molecule has 0 spiro atoms. The van der Waals surface area contributed by atoms with Crippen molar-refractivity contribution in [1.29, 1.82) is 0 Å². The van der Waals surface area contributed by atoms with Crippen LogP contribution in [-0.2, 0) is 18.4 Å². The van der Waals surface area contributed by atoms with E-state index in [1.807, 2.05) is 0 Å². The highest BCUT2D eigenvalue weighted by molar-refractivity contribution is 7.47. The van der Waals surface area contributed by atoms with Gasteiger partial charge in [-0.15, -0.1) is 0 Å². The highest BCUT2D eigenvalue weighted by Gasteiger charge is 2.51. The van der Waals surface area contributed by atoms with Gasteiger partial charge in [0.1, 0.15) is 36.6 Å². The number of aliphatic hydroxyl groups is 7. The van der Waals surface area contributed by atoms with Crippen molar-refractivity contribution in [2.24, 2.45) is 0 Å². The molecule has 0 aliphatic heterocycles. The molecule has 412 valence electrons. The van der Waals surface area contributed by atoms with Gasteiger partial charge in [-0.25, -0.2) is 4.57 Å². The summed E-state index contributed by atoms with van der Waals surface area (Å²) in [5.74, 6) is -0.598. The molecule has 0 aromatic rings. The summed E-state index contributed by atoms with van der Waals surface area (Å²) in [5, 5.41) is 74.9. The van der Waals surface area contributed by atoms with E-state index in [9.17, 15) is 50.0 Å². The van der Waals surface area contributed by atoms with Crippen LogP contribution in [0.4, 0.5) is 0 Å². The van der Waals surface area contributed by atoms with Gasteiger partial charge >= 0.3 is 7.82 Å². The summed E-state index contributed by atoms with van der Waals surface area (Å²) in [7, 11) is -5.15. The summed E-state index contributed by atoms with van der Waals surface area (Å²) < 4.78 is 23.0. The van der Waals surface area contributed by atoms with Gasteiger partial charge in [-0.05, 0) is 51.4 Å². The van der Waals surface area contributed by atoms with Gasteiger partial charge < -0.3 is 46.0 Å². The molecule has 0 saturated heterocycles. The Morgan fingerprint density at radius 1 is 0.514 bits per heavy atom. The molecule has 0 radical (unpaired) electrons. The average Bonchev–Trinajstić information content (AvgIpc) is 3.34. The van der Waals surface area contributed by atoms with Gasteiger partial charge in [-0.3, -0.25) is 13.8 Å². The third-order valence-corrected chi connectivity index (χ3v) is 14.7. The van der Waals surface area contributed by atoms with Crippen LogP contribution in [0, 0.1) is 0 Å². The highest BCUT2D eigenvalue weighted by atomic mass is 31.2. The van der Waals surface area contributed by atoms with Crippen LogP contribution >= 0.6 is 7.82 Å². The Morgan fingerprint density at radius 3 is 1.29 bits per heavy atom. The fourth-order valence-corrected chi connectivity index (χ4v) is 10.1. The number of hydrogen-bond acceptors (Lipinski definition) is 11. The van der Waals surface area contributed by atoms with Crippen molar-refractivity contribution in [1.82, 2.24) is 5.32 Å². The Kier molecular flexibility index (Phi) is 42.7. The normalized spacial score (nSPS) is 22.0. The lowest BCUT2D eigenvalue weighted by Gasteiger charge is -2.41. The molecule has 1 aliphatic rings. The number of carbonyl (C=O) groups is 1. The lowest BCUT2D eigenvalue weighted by atomic mass is 9.85. The van der Waals surface area contributed by atoms with E-state index in [1.54, 1.807) is 6.08 Å². The van der Waals surface area contributed by atoms with Gasteiger partial charge in [0.2, 0.25) is 5.91 Å². The number of unbranched alkanes of at least 4 members (excludes halogenated alkanes) is 31. The minimum atomic E-state index is -5.15. The molecular weight excluding hydrogens is 910 g/mol. The van der Waals surface area contributed by atoms with Crippen molar-refractivity contribution in [3.8, 4) is 0 Å². The maximum atomic E-state index is 13.1. The average molecular weight is 1020 g/mol. The van der Waals surface area contributed by atoms with Crippen LogP contribution in [0.5, 0.6) is 0 Å². The fraction of sp³-hybridized carbons (Fsp3) is 0.875. The summed E-state index contributed by atoms with van der Waals surface area (Å²) in [6, 6.07) is -1.25. The summed E-state index contributed by atoms with van der Waals surface area (Å²) in [6.07, 6.45) is 40.8. The van der Waals surface area contributed by atoms with Crippen LogP contribution in [0.3, 0.4) is 0 Å². The van der Waals surface area contributed by atoms with Crippen LogP contribution < -0.4 is 5.32 Å². The van der Waals surface area contributed by atoms with Gasteiger partial charge in [0, 0.05) is 0 Å². The molecule has 1 saturated carbocycles. The molecule has 14 heteroatoms. The Bertz CT molecular complexity index is 1340. The molecule has 9 N–H and O–H groups in total. The predicted molar refractivity (Wildman–Crippen MR) is 284 cm³/mol. The molecule has 0 bridgehead atoms. The van der Waals surface area contributed by atoms with Crippen molar-refractivity contribution < 1.29 is 59.0 Å². The first-order chi connectivity index (χ1) is 33.8. The van der Waals surface area contributed by atoms with Crippen LogP contribution in [0.1, 0.15) is 251 Å². The molecular formula is C56H106NO12P. The number of allylic oxidation sites excluding steroid dienone is 5. The smallest absolute Gasteiger partial charge is 0.393 e. The number of amides is 1. The van der Waals surface area contributed by atoms with Crippen molar-refractivity contribution >= 4 is 13.7 Å². The number of rotatable bonds is 48. The maximum Gasteiger partial charge on any atom is 0.472 e. The van der Waals surface area contributed by atoms with Crippen LogP contribution in [0.2, 0.25) is 0 Å². The van der Waals surface area contributed by atoms with Crippen molar-refractivity contribution in [3.05, 3.63) is 36.5 Å². The summed E-state index contributed by atoms with van der Waals surface area (Å²) in [6.45, 7) is 3.78. The van der Waals surface area contributed by atoms with Crippen molar-refractivity contribution in [2.45, 2.75) is 306 Å². The van der Waals surface area contributed by atoms with E-state index in [1.165, 1.54) is 160 Å². The number of phosphoric ester groups is 1. The van der Waals surface area contributed by atoms with Gasteiger partial charge in [0.15, 0.2) is 0 Å². The van der Waals surface area contributed by atoms with E-state index in [0.29, 0.717) is 12.8 Å². The molecule has 0 aromatic carbocycles. The van der Waals surface area contributed by atoms with Crippen LogP contribution in [-0.4, -0.2) is 108 Å². The van der Waals surface area contributed by atoms with Gasteiger partial charge in [0.05, 0.1) is 31.3 Å². The SMILES string of the molecule is CCCCCCCCCCC/C=C\C/C=C\CCCCCCCC(O)CC(=O)NC(COP(=O)(O)OC1C(O)C(O)C(O)C(O)C1O)C(O)/C=C/CCCCCCCCCCCCCCCCCCC. The maximum absolute atomic E-state index is 13.1. The van der Waals surface area contributed by atoms with E-state index in [2.05, 4.69) is 43.5 Å². The number of carbonyl (C=O) groups excluding carboxylic acids is 1. The molecule has 1 amide bonds. The van der Waals surface area contributed by atoms with Gasteiger partial charge in [-0.2, -0.15) is 0 Å². The van der Waals surface area contributed by atoms with Crippen molar-refractivity contribution in [2.75, 3.05) is 6.61 Å². The van der Waals surface area contributed by atoms with Gasteiger partial charge in [-0.1, -0.05) is 230 Å². The molecule has 13 nitrogen and oxygen atoms in total. The number of aliphatic hydroxyl groups excluding tert-OH is 7. The van der Waals surface area contributed by atoms with E-state index in [-0.39, 0.29) is 6.42 Å². The molecule has 1 rings (SSSR count). The lowest BCUT2D eigenvalue weighted by Crippen LogP contribution is -2.64. The minimum Gasteiger partial charge on any atom is -0.393 e. The number of hydrogen-bond donors (Lipinski definition) is 9. The first-order valence-corrected chi connectivity index (χ1v) is 30.0. The van der Waals surface area contributed by atoms with Crippen molar-refractivity contribution in [3.63, 3.8) is 0 Å². The second-order valence-corrected chi connectivity index (χ2v) is 21.7. The standard InChI is InChI=1S/C56H106NO12P/c1-3-5-7-9-11-13-15-17-19-21-23-24-26-27-29-31-33-35-37-39-41-43-47(58)45-50(60)57-48(46-68-70(66,67)69-56-54(64)52(62)51(61)53(63)55(56)65)49(59)44-42-40-38-36-34-32-30-28-25-22-20-18-16-14-12-10-8-6-4-2/h23-24,27,29,42,44,47-49,51-56,58-59,61-65H,3-22,25-26,28,30-41,43,45-46H2,1-2H3,(H,57,60)(H,66,67)/b24-23-,29-27-,44-42+. The van der Waals surface area contributed by atoms with E-state index >= 15 is 0 Å². The molecule has 0 aromatic heterocycles. The molecule has 1 fully saturated rings. The van der Waals surface area contributed by atoms with E-state index in [4.69, 9.17) is 9.05 Å². The van der Waals surface area contributed by atoms with Crippen LogP contribution in [0.15, 0.2) is 36.5 Å². The Labute approximate surface area is 426 Å². The number of phosphoric acid groups is 1. The molecule has 0 heterocycles. The van der Waals surface area contributed by atoms with Gasteiger partial charge in [0.25, 0.3) is 0 Å². The Hall–Kier alpha value is -1.48. The first-order valence-electron chi connectivity index (χ1n) is 28.5. The lowest BCUT2D eigenvalue weighted by molar-refractivity contribution is -0.220. The Morgan fingerprint density at radius 2 is 0.871 bits per heavy atom. The summed E-state index contributed by atoms with van der Waals surface area (Å²) in [5.41, 5.74) is 0. The second-order valence-electron chi connectivity index (χ2n) is 20.3. The third-order valence-electron chi connectivity index (χ3n) is 13.7. The highest BCUT2D eigenvalue weighted by Crippen LogP contribution is 2.47. The zero-order chi connectivity index (χ0) is 51.5. The van der Waals surface area contributed by atoms with E-state index < -0.39 is 75.2 Å². The minimum absolute atomic E-state index is 0.254. The molecule has 70 heavy (non-hydrogen) atoms. The fourth-order valence-electron chi connectivity index (χ4n) is 9.10. The zero-order valence-corrected chi connectivity index (χ0v) is 45.1. The first kappa shape index (κ1) is 66.5. The number of nitrogens with one attached hydrogen (secondary N) is 1. The summed E-state index contributed by atoms with van der Waals surface area (Å²) in [4.78, 5) is 23.6. The molecule has 8 unspecified atom stereocenters. The summed E-state index contributed by atoms with van der Waals surface area (Å²) >= 11 is 0.